The zero-order chi connectivity index (χ0) is 17.5. The molecule has 1 aromatic heterocycles. The van der Waals surface area contributed by atoms with Crippen LogP contribution in [0.15, 0.2) is 27.8 Å². The van der Waals surface area contributed by atoms with Gasteiger partial charge in [-0.2, -0.15) is 0 Å². The fourth-order valence-electron chi connectivity index (χ4n) is 4.03. The maximum Gasteiger partial charge on any atom is 0.191 e. The maximum absolute atomic E-state index is 6.22. The second-order valence-electron chi connectivity index (χ2n) is 7.78. The molecule has 5 heteroatoms. The van der Waals surface area contributed by atoms with Crippen LogP contribution < -0.4 is 10.6 Å². The normalized spacial score (nSPS) is 23.8. The Morgan fingerprint density at radius 2 is 2.16 bits per heavy atom. The number of ether oxygens (including phenoxy) is 1. The van der Waals surface area contributed by atoms with Gasteiger partial charge in [0, 0.05) is 31.7 Å². The maximum atomic E-state index is 6.22. The van der Waals surface area contributed by atoms with Crippen LogP contribution in [0.3, 0.4) is 0 Å². The highest BCUT2D eigenvalue weighted by molar-refractivity contribution is 5.80. The summed E-state index contributed by atoms with van der Waals surface area (Å²) in [5, 5.41) is 7.13. The van der Waals surface area contributed by atoms with E-state index in [4.69, 9.17) is 14.1 Å². The highest BCUT2D eigenvalue weighted by Gasteiger charge is 2.38. The minimum atomic E-state index is 0.116. The first-order chi connectivity index (χ1) is 12.2. The molecule has 0 aromatic carbocycles. The number of nitrogens with zero attached hydrogens (tertiary/aromatic N) is 1. The predicted molar refractivity (Wildman–Crippen MR) is 101 cm³/mol. The van der Waals surface area contributed by atoms with Crippen molar-refractivity contribution in [1.82, 2.24) is 10.6 Å². The number of hydrogen-bond acceptors (Lipinski definition) is 3. The van der Waals surface area contributed by atoms with Crippen molar-refractivity contribution >= 4 is 5.96 Å². The summed E-state index contributed by atoms with van der Waals surface area (Å²) < 4.78 is 11.6. The van der Waals surface area contributed by atoms with Crippen LogP contribution in [-0.2, 0) is 11.2 Å². The van der Waals surface area contributed by atoms with E-state index in [-0.39, 0.29) is 5.60 Å². The molecule has 0 bridgehead atoms. The van der Waals surface area contributed by atoms with Crippen LogP contribution in [0, 0.1) is 0 Å². The number of aliphatic imine (C=N–C) groups is 1. The average Bonchev–Trinajstić information content (AvgIpc) is 3.08. The molecule has 25 heavy (non-hydrogen) atoms. The molecule has 1 saturated carbocycles. The summed E-state index contributed by atoms with van der Waals surface area (Å²) in [6, 6.07) is 4.74. The van der Waals surface area contributed by atoms with Gasteiger partial charge in [-0.25, -0.2) is 0 Å². The van der Waals surface area contributed by atoms with Gasteiger partial charge in [0.1, 0.15) is 5.76 Å². The van der Waals surface area contributed by atoms with Crippen LogP contribution in [0.1, 0.15) is 64.6 Å². The van der Waals surface area contributed by atoms with Crippen LogP contribution in [0.4, 0.5) is 0 Å². The lowest BCUT2D eigenvalue weighted by atomic mass is 9.78. The molecule has 3 rings (SSSR count). The summed E-state index contributed by atoms with van der Waals surface area (Å²) in [6.07, 6.45) is 11.1. The first kappa shape index (κ1) is 18.3. The molecule has 1 aliphatic carbocycles. The summed E-state index contributed by atoms with van der Waals surface area (Å²) in [7, 11) is 0. The van der Waals surface area contributed by atoms with Crippen molar-refractivity contribution in [3.05, 3.63) is 24.2 Å². The Bertz CT molecular complexity index is 528. The van der Waals surface area contributed by atoms with E-state index >= 15 is 0 Å². The van der Waals surface area contributed by atoms with E-state index in [1.165, 1.54) is 32.1 Å². The van der Waals surface area contributed by atoms with E-state index < -0.39 is 0 Å². The van der Waals surface area contributed by atoms with E-state index in [9.17, 15) is 0 Å². The van der Waals surface area contributed by atoms with Gasteiger partial charge >= 0.3 is 0 Å². The first-order valence-electron chi connectivity index (χ1n) is 9.89. The van der Waals surface area contributed by atoms with E-state index in [2.05, 4.69) is 24.5 Å². The van der Waals surface area contributed by atoms with Gasteiger partial charge in [0.15, 0.2) is 5.96 Å². The highest BCUT2D eigenvalue weighted by atomic mass is 16.5. The Kier molecular flexibility index (Phi) is 6.40. The van der Waals surface area contributed by atoms with Crippen LogP contribution in [0.2, 0.25) is 0 Å². The van der Waals surface area contributed by atoms with Gasteiger partial charge in [-0.1, -0.05) is 19.3 Å². The molecule has 2 N–H and O–H groups in total. The molecule has 140 valence electrons. The third kappa shape index (κ3) is 5.50. The summed E-state index contributed by atoms with van der Waals surface area (Å²) >= 11 is 0. The number of nitrogens with one attached hydrogen (secondary N) is 2. The largest absolute Gasteiger partial charge is 0.469 e. The number of guanidine groups is 1. The topological polar surface area (TPSA) is 58.8 Å². The number of furan rings is 1. The summed E-state index contributed by atoms with van der Waals surface area (Å²) in [5.74, 6) is 1.90. The quantitative estimate of drug-likeness (QED) is 0.630. The van der Waals surface area contributed by atoms with Gasteiger partial charge < -0.3 is 19.8 Å². The molecular weight excluding hydrogens is 314 g/mol. The molecule has 1 saturated heterocycles. The lowest BCUT2D eigenvalue weighted by Gasteiger charge is -2.44. The Balaban J connectivity index is 1.56. The van der Waals surface area contributed by atoms with E-state index in [1.807, 2.05) is 12.1 Å². The van der Waals surface area contributed by atoms with E-state index in [0.717, 1.165) is 44.1 Å². The third-order valence-electron chi connectivity index (χ3n) is 5.23. The Morgan fingerprint density at radius 1 is 1.32 bits per heavy atom. The standard InChI is InChI=1S/C20H33N3O2/c1-16(2)22-19(21-12-8-18-7-6-13-24-18)23-17-9-14-25-20(15-17)10-4-3-5-11-20/h6-7,13,16-17H,3-5,8-12,14-15H2,1-2H3,(H2,21,22,23). The molecule has 2 aliphatic rings. The zero-order valence-corrected chi connectivity index (χ0v) is 15.7. The zero-order valence-electron chi connectivity index (χ0n) is 15.7. The van der Waals surface area contributed by atoms with Gasteiger partial charge in [0.2, 0.25) is 0 Å². The molecule has 1 atom stereocenters. The minimum Gasteiger partial charge on any atom is -0.469 e. The summed E-state index contributed by atoms with van der Waals surface area (Å²) in [6.45, 7) is 5.88. The third-order valence-corrected chi connectivity index (χ3v) is 5.23. The number of rotatable bonds is 5. The lowest BCUT2D eigenvalue weighted by molar-refractivity contribution is -0.107. The van der Waals surface area contributed by atoms with Gasteiger partial charge in [0.25, 0.3) is 0 Å². The van der Waals surface area contributed by atoms with Crippen LogP contribution in [0.5, 0.6) is 0 Å². The van der Waals surface area contributed by atoms with Gasteiger partial charge in [-0.05, 0) is 51.7 Å². The molecule has 0 amide bonds. The Hall–Kier alpha value is -1.49. The van der Waals surface area contributed by atoms with Crippen molar-refractivity contribution in [2.24, 2.45) is 4.99 Å². The molecule has 1 spiro atoms. The van der Waals surface area contributed by atoms with Gasteiger partial charge in [-0.15, -0.1) is 0 Å². The predicted octanol–water partition coefficient (Wildman–Crippen LogP) is 3.65. The van der Waals surface area contributed by atoms with Crippen molar-refractivity contribution in [1.29, 1.82) is 0 Å². The second kappa shape index (κ2) is 8.75. The monoisotopic (exact) mass is 347 g/mol. The molecule has 2 fully saturated rings. The minimum absolute atomic E-state index is 0.116. The second-order valence-corrected chi connectivity index (χ2v) is 7.78. The SMILES string of the molecule is CC(C)NC(=NCCc1ccco1)NC1CCOC2(CCCCC2)C1. The molecule has 1 unspecified atom stereocenters. The smallest absolute Gasteiger partial charge is 0.191 e. The summed E-state index contributed by atoms with van der Waals surface area (Å²) in [5.41, 5.74) is 0.116. The van der Waals surface area contributed by atoms with E-state index in [0.29, 0.717) is 12.1 Å². The van der Waals surface area contributed by atoms with Crippen LogP contribution in [-0.4, -0.2) is 36.8 Å². The summed E-state index contributed by atoms with van der Waals surface area (Å²) in [4.78, 5) is 4.76. The Morgan fingerprint density at radius 3 is 2.88 bits per heavy atom. The van der Waals surface area contributed by atoms with Crippen molar-refractivity contribution < 1.29 is 9.15 Å². The van der Waals surface area contributed by atoms with Crippen molar-refractivity contribution in [2.45, 2.75) is 82.9 Å². The lowest BCUT2D eigenvalue weighted by Crippen LogP contribution is -2.53. The fraction of sp³-hybridized carbons (Fsp3) is 0.750. The molecular formula is C20H33N3O2. The average molecular weight is 348 g/mol. The van der Waals surface area contributed by atoms with Gasteiger partial charge in [-0.3, -0.25) is 4.99 Å². The fourth-order valence-corrected chi connectivity index (χ4v) is 4.03. The highest BCUT2D eigenvalue weighted by Crippen LogP contribution is 2.38. The van der Waals surface area contributed by atoms with Crippen molar-refractivity contribution in [2.75, 3.05) is 13.2 Å². The molecule has 1 aromatic rings. The van der Waals surface area contributed by atoms with Crippen LogP contribution in [0.25, 0.3) is 0 Å². The van der Waals surface area contributed by atoms with E-state index in [1.54, 1.807) is 6.26 Å². The molecule has 0 radical (unpaired) electrons. The molecule has 5 nitrogen and oxygen atoms in total. The first-order valence-corrected chi connectivity index (χ1v) is 9.89. The van der Waals surface area contributed by atoms with Crippen LogP contribution >= 0.6 is 0 Å². The van der Waals surface area contributed by atoms with Crippen molar-refractivity contribution in [3.63, 3.8) is 0 Å². The van der Waals surface area contributed by atoms with Gasteiger partial charge in [0.05, 0.1) is 11.9 Å². The Labute approximate surface area is 151 Å². The molecule has 1 aliphatic heterocycles. The number of hydrogen-bond donors (Lipinski definition) is 2. The molecule has 2 heterocycles. The van der Waals surface area contributed by atoms with Crippen molar-refractivity contribution in [3.8, 4) is 0 Å².